The van der Waals surface area contributed by atoms with Gasteiger partial charge >= 0.3 is 5.69 Å². The van der Waals surface area contributed by atoms with Crippen LogP contribution in [0.15, 0.2) is 34.3 Å². The Bertz CT molecular complexity index is 929. The maximum Gasteiger partial charge on any atom is 0.348 e. The Morgan fingerprint density at radius 2 is 2.23 bits per heavy atom. The number of anilines is 1. The third kappa shape index (κ3) is 2.14. The van der Waals surface area contributed by atoms with Crippen LogP contribution in [-0.4, -0.2) is 33.2 Å². The molecule has 0 fully saturated rings. The highest BCUT2D eigenvalue weighted by atomic mass is 16.7. The van der Waals surface area contributed by atoms with Crippen molar-refractivity contribution in [1.29, 1.82) is 0 Å². The topological polar surface area (TPSA) is 117 Å². The number of nitrogens with zero attached hydrogens (tertiary/aromatic N) is 3. The highest BCUT2D eigenvalue weighted by Gasteiger charge is 2.12. The minimum atomic E-state index is -0.488. The van der Waals surface area contributed by atoms with Crippen LogP contribution in [0.25, 0.3) is 11.0 Å². The molecule has 1 aromatic carbocycles. The number of hydrazone groups is 1. The summed E-state index contributed by atoms with van der Waals surface area (Å²) in [6.45, 7) is 0.227. The number of ether oxygens (including phenoxy) is 2. The van der Waals surface area contributed by atoms with Crippen LogP contribution in [0.5, 0.6) is 11.5 Å². The zero-order chi connectivity index (χ0) is 14.9. The van der Waals surface area contributed by atoms with Crippen molar-refractivity contribution in [2.24, 2.45) is 5.10 Å². The Balaban J connectivity index is 1.58. The molecule has 0 spiro atoms. The molecule has 22 heavy (non-hydrogen) atoms. The molecule has 0 unspecified atom stereocenters. The fourth-order valence-corrected chi connectivity index (χ4v) is 2.10. The zero-order valence-electron chi connectivity index (χ0n) is 11.2. The molecule has 1 aliphatic rings. The molecule has 0 bridgehead atoms. The van der Waals surface area contributed by atoms with Crippen LogP contribution in [0.4, 0.5) is 5.82 Å². The van der Waals surface area contributed by atoms with Gasteiger partial charge in [-0.1, -0.05) is 0 Å². The smallest absolute Gasteiger partial charge is 0.348 e. The number of nitrogens with one attached hydrogen (secondary N) is 3. The summed E-state index contributed by atoms with van der Waals surface area (Å²) in [7, 11) is 0. The van der Waals surface area contributed by atoms with Gasteiger partial charge in [-0.05, 0) is 23.8 Å². The quantitative estimate of drug-likeness (QED) is 0.487. The second kappa shape index (κ2) is 4.88. The highest BCUT2D eigenvalue weighted by molar-refractivity contribution is 5.87. The van der Waals surface area contributed by atoms with E-state index in [1.165, 1.54) is 0 Å². The predicted octanol–water partition coefficient (Wildman–Crippen LogP) is 0.821. The molecular weight excluding hydrogens is 288 g/mol. The molecule has 0 saturated carbocycles. The SMILES string of the molecule is O=c1nc2[nH]ncc2c(NN=Cc2ccc3c(c2)OCO3)[nH]1. The van der Waals surface area contributed by atoms with Crippen LogP contribution in [0, 0.1) is 0 Å². The van der Waals surface area contributed by atoms with E-state index in [1.807, 2.05) is 18.2 Å². The van der Waals surface area contributed by atoms with Crippen LogP contribution >= 0.6 is 0 Å². The van der Waals surface area contributed by atoms with E-state index in [1.54, 1.807) is 12.4 Å². The highest BCUT2D eigenvalue weighted by Crippen LogP contribution is 2.31. The Kier molecular flexibility index (Phi) is 2.75. The average molecular weight is 298 g/mol. The van der Waals surface area contributed by atoms with Crippen LogP contribution in [0.2, 0.25) is 0 Å². The van der Waals surface area contributed by atoms with Crippen molar-refractivity contribution < 1.29 is 9.47 Å². The van der Waals surface area contributed by atoms with Gasteiger partial charge in [0, 0.05) is 0 Å². The lowest BCUT2D eigenvalue weighted by molar-refractivity contribution is 0.174. The summed E-state index contributed by atoms with van der Waals surface area (Å²) in [6.07, 6.45) is 3.16. The van der Waals surface area contributed by atoms with Gasteiger partial charge in [-0.25, -0.2) is 4.79 Å². The standard InChI is InChI=1S/C13H10N6O3/c20-13-16-11(8-5-15-19-12(8)17-13)18-14-4-7-1-2-9-10(3-7)22-6-21-9/h1-5H,6H2,(H3,15,16,17,18,19,20). The summed E-state index contributed by atoms with van der Waals surface area (Å²) in [6, 6.07) is 5.48. The lowest BCUT2D eigenvalue weighted by Gasteiger charge is -2.01. The van der Waals surface area contributed by atoms with Gasteiger partial charge in [0.05, 0.1) is 17.8 Å². The van der Waals surface area contributed by atoms with Gasteiger partial charge in [-0.2, -0.15) is 15.2 Å². The maximum atomic E-state index is 11.4. The van der Waals surface area contributed by atoms with E-state index in [-0.39, 0.29) is 6.79 Å². The lowest BCUT2D eigenvalue weighted by Crippen LogP contribution is -2.12. The van der Waals surface area contributed by atoms with E-state index < -0.39 is 5.69 Å². The third-order valence-corrected chi connectivity index (χ3v) is 3.12. The Morgan fingerprint density at radius 1 is 1.32 bits per heavy atom. The van der Waals surface area contributed by atoms with Gasteiger partial charge in [0.1, 0.15) is 5.82 Å². The molecule has 4 rings (SSSR count). The van der Waals surface area contributed by atoms with Crippen molar-refractivity contribution in [3.8, 4) is 11.5 Å². The normalized spacial score (nSPS) is 13.1. The fourth-order valence-electron chi connectivity index (χ4n) is 2.10. The van der Waals surface area contributed by atoms with Gasteiger partial charge in [0.15, 0.2) is 17.1 Å². The van der Waals surface area contributed by atoms with Crippen molar-refractivity contribution in [2.75, 3.05) is 12.2 Å². The van der Waals surface area contributed by atoms with E-state index >= 15 is 0 Å². The fraction of sp³-hybridized carbons (Fsp3) is 0.0769. The van der Waals surface area contributed by atoms with Gasteiger partial charge in [0.2, 0.25) is 6.79 Å². The number of hydrogen-bond acceptors (Lipinski definition) is 7. The molecule has 3 aromatic rings. The lowest BCUT2D eigenvalue weighted by atomic mass is 10.2. The number of H-pyrrole nitrogens is 2. The van der Waals surface area contributed by atoms with E-state index in [0.29, 0.717) is 28.4 Å². The van der Waals surface area contributed by atoms with Crippen LogP contribution in [-0.2, 0) is 0 Å². The maximum absolute atomic E-state index is 11.4. The third-order valence-electron chi connectivity index (χ3n) is 3.12. The molecule has 1 aliphatic heterocycles. The summed E-state index contributed by atoms with van der Waals surface area (Å²) in [5, 5.41) is 11.2. The van der Waals surface area contributed by atoms with Gasteiger partial charge in [-0.15, -0.1) is 0 Å². The van der Waals surface area contributed by atoms with Gasteiger partial charge < -0.3 is 9.47 Å². The van der Waals surface area contributed by atoms with Crippen molar-refractivity contribution in [1.82, 2.24) is 20.2 Å². The van der Waals surface area contributed by atoms with E-state index in [9.17, 15) is 4.79 Å². The summed E-state index contributed by atoms with van der Waals surface area (Å²) >= 11 is 0. The molecule has 9 heteroatoms. The largest absolute Gasteiger partial charge is 0.454 e. The Hall–Kier alpha value is -3.36. The number of benzene rings is 1. The number of fused-ring (bicyclic) bond motifs is 2. The summed E-state index contributed by atoms with van der Waals surface area (Å²) in [5.41, 5.74) is 3.51. The minimum absolute atomic E-state index is 0.227. The second-order valence-electron chi connectivity index (χ2n) is 4.53. The molecule has 2 aromatic heterocycles. The molecule has 110 valence electrons. The van der Waals surface area contributed by atoms with Crippen LogP contribution in [0.1, 0.15) is 5.56 Å². The molecule has 0 radical (unpaired) electrons. The molecule has 0 atom stereocenters. The number of aromatic nitrogens is 4. The minimum Gasteiger partial charge on any atom is -0.454 e. The summed E-state index contributed by atoms with van der Waals surface area (Å²) in [4.78, 5) is 17.7. The molecule has 0 saturated heterocycles. The first kappa shape index (κ1) is 12.4. The summed E-state index contributed by atoms with van der Waals surface area (Å²) in [5.74, 6) is 1.81. The monoisotopic (exact) mass is 298 g/mol. The Morgan fingerprint density at radius 3 is 3.18 bits per heavy atom. The number of rotatable bonds is 3. The zero-order valence-corrected chi connectivity index (χ0v) is 11.2. The van der Waals surface area contributed by atoms with Crippen LogP contribution < -0.4 is 20.6 Å². The number of hydrogen-bond donors (Lipinski definition) is 3. The Labute approximate surface area is 123 Å². The predicted molar refractivity (Wildman–Crippen MR) is 78.3 cm³/mol. The van der Waals surface area contributed by atoms with Crippen molar-refractivity contribution in [2.45, 2.75) is 0 Å². The van der Waals surface area contributed by atoms with E-state index in [2.05, 4.69) is 30.7 Å². The first-order valence-corrected chi connectivity index (χ1v) is 6.42. The molecule has 3 N–H and O–H groups in total. The summed E-state index contributed by atoms with van der Waals surface area (Å²) < 4.78 is 10.5. The molecule has 0 amide bonds. The number of aromatic amines is 2. The molecule has 0 aliphatic carbocycles. The molecular formula is C13H10N6O3. The van der Waals surface area contributed by atoms with Crippen molar-refractivity contribution in [3.63, 3.8) is 0 Å². The van der Waals surface area contributed by atoms with Gasteiger partial charge in [-0.3, -0.25) is 15.5 Å². The molecule has 3 heterocycles. The van der Waals surface area contributed by atoms with Gasteiger partial charge in [0.25, 0.3) is 0 Å². The molecule has 9 nitrogen and oxygen atoms in total. The van der Waals surface area contributed by atoms with E-state index in [0.717, 1.165) is 5.56 Å². The average Bonchev–Trinajstić information content (AvgIpc) is 3.14. The van der Waals surface area contributed by atoms with Crippen LogP contribution in [0.3, 0.4) is 0 Å². The first-order chi connectivity index (χ1) is 10.8. The second-order valence-corrected chi connectivity index (χ2v) is 4.53. The first-order valence-electron chi connectivity index (χ1n) is 6.42. The van der Waals surface area contributed by atoms with Crippen molar-refractivity contribution in [3.05, 3.63) is 40.4 Å². The van der Waals surface area contributed by atoms with Crippen molar-refractivity contribution >= 4 is 23.1 Å². The van der Waals surface area contributed by atoms with E-state index in [4.69, 9.17) is 9.47 Å².